The number of rotatable bonds is 7. The van der Waals surface area contributed by atoms with Gasteiger partial charge in [-0.15, -0.1) is 0 Å². The number of nitrogens with one attached hydrogen (secondary N) is 2. The van der Waals surface area contributed by atoms with Gasteiger partial charge < -0.3 is 10.6 Å². The van der Waals surface area contributed by atoms with Crippen molar-refractivity contribution < 1.29 is 13.2 Å². The second-order valence-electron chi connectivity index (χ2n) is 4.88. The van der Waals surface area contributed by atoms with Gasteiger partial charge in [0.05, 0.1) is 10.9 Å². The Balaban J connectivity index is 2.82. The van der Waals surface area contributed by atoms with E-state index in [1.165, 1.54) is 6.07 Å². The van der Waals surface area contributed by atoms with Gasteiger partial charge in [0.2, 0.25) is 5.91 Å². The molecule has 1 unspecified atom stereocenters. The van der Waals surface area contributed by atoms with Gasteiger partial charge >= 0.3 is 0 Å². The lowest BCUT2D eigenvalue weighted by atomic mass is 10.2. The number of carbonyl (C=O) groups excluding carboxylic acids is 1. The van der Waals surface area contributed by atoms with Gasteiger partial charge in [-0.1, -0.05) is 24.6 Å². The molecule has 0 aliphatic carbocycles. The molecular formula is C14H21ClN2O3S. The van der Waals surface area contributed by atoms with E-state index in [0.717, 1.165) is 12.7 Å². The van der Waals surface area contributed by atoms with Crippen LogP contribution in [-0.4, -0.2) is 33.2 Å². The van der Waals surface area contributed by atoms with Gasteiger partial charge in [0.25, 0.3) is 0 Å². The molecule has 1 rings (SSSR count). The molecule has 1 amide bonds. The van der Waals surface area contributed by atoms with Crippen molar-refractivity contribution in [3.05, 3.63) is 28.8 Å². The Kier molecular flexibility index (Phi) is 6.64. The summed E-state index contributed by atoms with van der Waals surface area (Å²) in [4.78, 5) is 11.9. The second-order valence-corrected chi connectivity index (χ2v) is 7.27. The summed E-state index contributed by atoms with van der Waals surface area (Å²) >= 11 is 6.08. The largest absolute Gasteiger partial charge is 0.355 e. The van der Waals surface area contributed by atoms with Crippen LogP contribution in [0.1, 0.15) is 25.8 Å². The number of amides is 1. The zero-order chi connectivity index (χ0) is 16.0. The molecule has 5 nitrogen and oxygen atoms in total. The van der Waals surface area contributed by atoms with E-state index in [1.807, 2.05) is 6.92 Å². The lowest BCUT2D eigenvalue weighted by molar-refractivity contribution is -0.122. The second kappa shape index (κ2) is 7.77. The van der Waals surface area contributed by atoms with Crippen molar-refractivity contribution >= 4 is 27.3 Å². The fraction of sp³-hybridized carbons (Fsp3) is 0.500. The maximum absolute atomic E-state index is 11.8. The first-order valence-corrected chi connectivity index (χ1v) is 9.02. The third kappa shape index (κ3) is 5.30. The standard InChI is InChI=1S/C14H21ClN2O3S/c1-4-8-16-14(18)10(2)17-9-11-12(15)6-5-7-13(11)21(3,19)20/h5-7,10,17H,4,8-9H2,1-3H3,(H,16,18). The monoisotopic (exact) mass is 332 g/mol. The molecule has 118 valence electrons. The minimum atomic E-state index is -3.36. The third-order valence-corrected chi connectivity index (χ3v) is 4.54. The highest BCUT2D eigenvalue weighted by atomic mass is 35.5. The predicted molar refractivity (Wildman–Crippen MR) is 84.2 cm³/mol. The zero-order valence-corrected chi connectivity index (χ0v) is 14.0. The Labute approximate surface area is 131 Å². The van der Waals surface area contributed by atoms with Crippen molar-refractivity contribution in [3.8, 4) is 0 Å². The Morgan fingerprint density at radius 2 is 2.05 bits per heavy atom. The van der Waals surface area contributed by atoms with Crippen LogP contribution in [0.3, 0.4) is 0 Å². The first-order valence-electron chi connectivity index (χ1n) is 6.76. The minimum absolute atomic E-state index is 0.121. The smallest absolute Gasteiger partial charge is 0.236 e. The van der Waals surface area contributed by atoms with Crippen LogP contribution in [0.2, 0.25) is 5.02 Å². The molecule has 1 atom stereocenters. The highest BCUT2D eigenvalue weighted by Gasteiger charge is 2.18. The normalized spacial score (nSPS) is 13.0. The van der Waals surface area contributed by atoms with Crippen LogP contribution < -0.4 is 10.6 Å². The SMILES string of the molecule is CCCNC(=O)C(C)NCc1c(Cl)cccc1S(C)(=O)=O. The summed E-state index contributed by atoms with van der Waals surface area (Å²) in [6, 6.07) is 4.31. The van der Waals surface area contributed by atoms with Crippen LogP contribution in [0.25, 0.3) is 0 Å². The fourth-order valence-electron chi connectivity index (χ4n) is 1.81. The van der Waals surface area contributed by atoms with Gasteiger partial charge in [0.1, 0.15) is 0 Å². The van der Waals surface area contributed by atoms with Crippen molar-refractivity contribution in [2.45, 2.75) is 37.8 Å². The molecule has 1 aromatic carbocycles. The number of sulfone groups is 1. The predicted octanol–water partition coefficient (Wildman–Crippen LogP) is 1.75. The van der Waals surface area contributed by atoms with Crippen LogP contribution in [0.5, 0.6) is 0 Å². The van der Waals surface area contributed by atoms with Gasteiger partial charge in [-0.05, 0) is 25.5 Å². The molecule has 0 heterocycles. The van der Waals surface area contributed by atoms with Gasteiger partial charge in [-0.3, -0.25) is 4.79 Å². The lowest BCUT2D eigenvalue weighted by Gasteiger charge is -2.16. The maximum atomic E-state index is 11.8. The summed E-state index contributed by atoms with van der Waals surface area (Å²) < 4.78 is 23.5. The molecule has 1 aromatic rings. The summed E-state index contributed by atoms with van der Waals surface area (Å²) in [6.07, 6.45) is 2.00. The molecule has 0 bridgehead atoms. The Morgan fingerprint density at radius 3 is 2.62 bits per heavy atom. The van der Waals surface area contributed by atoms with E-state index in [0.29, 0.717) is 17.1 Å². The minimum Gasteiger partial charge on any atom is -0.355 e. The van der Waals surface area contributed by atoms with Gasteiger partial charge in [0.15, 0.2) is 9.84 Å². The molecule has 0 aliphatic heterocycles. The van der Waals surface area contributed by atoms with Crippen LogP contribution >= 0.6 is 11.6 Å². The summed E-state index contributed by atoms with van der Waals surface area (Å²) in [5.74, 6) is -0.121. The molecule has 0 aliphatic rings. The van der Waals surface area contributed by atoms with E-state index in [1.54, 1.807) is 19.1 Å². The summed E-state index contributed by atoms with van der Waals surface area (Å²) in [7, 11) is -3.36. The average Bonchev–Trinajstić information content (AvgIpc) is 2.41. The van der Waals surface area contributed by atoms with Crippen LogP contribution in [0.4, 0.5) is 0 Å². The quantitative estimate of drug-likeness (QED) is 0.797. The van der Waals surface area contributed by atoms with E-state index < -0.39 is 15.9 Å². The summed E-state index contributed by atoms with van der Waals surface area (Å²) in [6.45, 7) is 4.52. The Morgan fingerprint density at radius 1 is 1.38 bits per heavy atom. The third-order valence-electron chi connectivity index (χ3n) is 3.00. The van der Waals surface area contributed by atoms with Crippen LogP contribution in [0.15, 0.2) is 23.1 Å². The molecule has 0 radical (unpaired) electrons. The first-order chi connectivity index (χ1) is 9.77. The van der Waals surface area contributed by atoms with Crippen LogP contribution in [0, 0.1) is 0 Å². The zero-order valence-electron chi connectivity index (χ0n) is 12.4. The summed E-state index contributed by atoms with van der Waals surface area (Å²) in [5.41, 5.74) is 0.483. The Hall–Kier alpha value is -1.11. The molecule has 21 heavy (non-hydrogen) atoms. The average molecular weight is 333 g/mol. The van der Waals surface area contributed by atoms with Gasteiger partial charge in [-0.25, -0.2) is 8.42 Å². The molecule has 0 saturated heterocycles. The molecule has 0 saturated carbocycles. The van der Waals surface area contributed by atoms with E-state index in [4.69, 9.17) is 11.6 Å². The van der Waals surface area contributed by atoms with E-state index in [-0.39, 0.29) is 17.3 Å². The van der Waals surface area contributed by atoms with Crippen molar-refractivity contribution in [3.63, 3.8) is 0 Å². The molecule has 0 fully saturated rings. The highest BCUT2D eigenvalue weighted by Crippen LogP contribution is 2.23. The lowest BCUT2D eigenvalue weighted by Crippen LogP contribution is -2.42. The van der Waals surface area contributed by atoms with E-state index >= 15 is 0 Å². The van der Waals surface area contributed by atoms with Gasteiger partial charge in [0, 0.05) is 29.9 Å². The Bertz CT molecular complexity index is 602. The highest BCUT2D eigenvalue weighted by molar-refractivity contribution is 7.90. The molecule has 0 spiro atoms. The number of carbonyl (C=O) groups is 1. The topological polar surface area (TPSA) is 75.3 Å². The molecule has 0 aromatic heterocycles. The first kappa shape index (κ1) is 17.9. The number of benzene rings is 1. The van der Waals surface area contributed by atoms with Crippen molar-refractivity contribution in [2.24, 2.45) is 0 Å². The number of halogens is 1. The number of hydrogen-bond acceptors (Lipinski definition) is 4. The van der Waals surface area contributed by atoms with E-state index in [9.17, 15) is 13.2 Å². The summed E-state index contributed by atoms with van der Waals surface area (Å²) in [5, 5.41) is 6.14. The molecular weight excluding hydrogens is 312 g/mol. The van der Waals surface area contributed by atoms with Crippen LogP contribution in [-0.2, 0) is 21.2 Å². The van der Waals surface area contributed by atoms with Crippen molar-refractivity contribution in [1.82, 2.24) is 10.6 Å². The fourth-order valence-corrected chi connectivity index (χ4v) is 3.06. The molecule has 2 N–H and O–H groups in total. The maximum Gasteiger partial charge on any atom is 0.236 e. The van der Waals surface area contributed by atoms with Crippen molar-refractivity contribution in [2.75, 3.05) is 12.8 Å². The molecule has 7 heteroatoms. The number of hydrogen-bond donors (Lipinski definition) is 2. The van der Waals surface area contributed by atoms with Crippen molar-refractivity contribution in [1.29, 1.82) is 0 Å². The van der Waals surface area contributed by atoms with E-state index in [2.05, 4.69) is 10.6 Å². The van der Waals surface area contributed by atoms with Gasteiger partial charge in [-0.2, -0.15) is 0 Å².